The van der Waals surface area contributed by atoms with Crippen LogP contribution in [0, 0.1) is 11.3 Å². The summed E-state index contributed by atoms with van der Waals surface area (Å²) in [5.41, 5.74) is -0.137. The largest absolute Gasteiger partial charge is 0.481 e. The fourth-order valence-electron chi connectivity index (χ4n) is 2.29. The topological polar surface area (TPSA) is 45.9 Å². The molecule has 1 aliphatic rings. The van der Waals surface area contributed by atoms with Gasteiger partial charge in [-0.05, 0) is 18.4 Å². The SMILES string of the molecule is COc1ccc(C2(C#N)CCC(F)(F)CC2)cn1. The van der Waals surface area contributed by atoms with E-state index in [-0.39, 0.29) is 25.7 Å². The Hall–Kier alpha value is -1.70. The molecule has 0 unspecified atom stereocenters. The van der Waals surface area contributed by atoms with Crippen LogP contribution in [0.25, 0.3) is 0 Å². The first-order chi connectivity index (χ1) is 8.51. The van der Waals surface area contributed by atoms with Crippen LogP contribution in [0.5, 0.6) is 5.88 Å². The van der Waals surface area contributed by atoms with Crippen LogP contribution in [-0.2, 0) is 5.41 Å². The number of methoxy groups -OCH3 is 1. The number of ether oxygens (including phenoxy) is 1. The van der Waals surface area contributed by atoms with Crippen LogP contribution in [0.15, 0.2) is 18.3 Å². The van der Waals surface area contributed by atoms with E-state index in [0.29, 0.717) is 11.4 Å². The summed E-state index contributed by atoms with van der Waals surface area (Å²) >= 11 is 0. The number of nitrogens with zero attached hydrogens (tertiary/aromatic N) is 2. The first kappa shape index (κ1) is 12.7. The molecule has 0 saturated heterocycles. The van der Waals surface area contributed by atoms with Crippen LogP contribution in [0.3, 0.4) is 0 Å². The van der Waals surface area contributed by atoms with Crippen molar-refractivity contribution in [3.8, 4) is 11.9 Å². The van der Waals surface area contributed by atoms with E-state index in [4.69, 9.17) is 4.74 Å². The predicted octanol–water partition coefficient (Wildman–Crippen LogP) is 3.06. The van der Waals surface area contributed by atoms with Crippen LogP contribution in [-0.4, -0.2) is 18.0 Å². The van der Waals surface area contributed by atoms with Crippen molar-refractivity contribution in [2.45, 2.75) is 37.0 Å². The van der Waals surface area contributed by atoms with E-state index in [2.05, 4.69) is 11.1 Å². The summed E-state index contributed by atoms with van der Waals surface area (Å²) in [5.74, 6) is -2.19. The summed E-state index contributed by atoms with van der Waals surface area (Å²) in [6.45, 7) is 0. The molecule has 5 heteroatoms. The Morgan fingerprint density at radius 1 is 1.28 bits per heavy atom. The van der Waals surface area contributed by atoms with Crippen molar-refractivity contribution in [3.63, 3.8) is 0 Å². The Labute approximate surface area is 104 Å². The van der Waals surface area contributed by atoms with E-state index < -0.39 is 11.3 Å². The fraction of sp³-hybridized carbons (Fsp3) is 0.538. The van der Waals surface area contributed by atoms with Gasteiger partial charge in [0.2, 0.25) is 11.8 Å². The maximum absolute atomic E-state index is 13.2. The second-order valence-electron chi connectivity index (χ2n) is 4.64. The first-order valence-electron chi connectivity index (χ1n) is 5.81. The van der Waals surface area contributed by atoms with Crippen molar-refractivity contribution in [1.29, 1.82) is 5.26 Å². The van der Waals surface area contributed by atoms with Gasteiger partial charge >= 0.3 is 0 Å². The van der Waals surface area contributed by atoms with Gasteiger partial charge in [-0.25, -0.2) is 13.8 Å². The van der Waals surface area contributed by atoms with Crippen LogP contribution in [0.4, 0.5) is 8.78 Å². The molecule has 0 radical (unpaired) electrons. The second kappa shape index (κ2) is 4.52. The molecule has 1 heterocycles. The zero-order chi connectivity index (χ0) is 13.2. The quantitative estimate of drug-likeness (QED) is 0.812. The summed E-state index contributed by atoms with van der Waals surface area (Å²) in [6.07, 6.45) is 1.40. The molecule has 0 aromatic carbocycles. The standard InChI is InChI=1S/C13H14F2N2O/c1-18-11-3-2-10(8-17-11)12(9-16)4-6-13(14,15)7-5-12/h2-3,8H,4-7H2,1H3. The van der Waals surface area contributed by atoms with Gasteiger partial charge in [-0.2, -0.15) is 5.26 Å². The van der Waals surface area contributed by atoms with Crippen molar-refractivity contribution in [2.75, 3.05) is 7.11 Å². The number of hydrogen-bond donors (Lipinski definition) is 0. The molecular formula is C13H14F2N2O. The number of aromatic nitrogens is 1. The van der Waals surface area contributed by atoms with Gasteiger partial charge in [0.1, 0.15) is 0 Å². The lowest BCUT2D eigenvalue weighted by molar-refractivity contribution is -0.0454. The molecule has 2 rings (SSSR count). The molecule has 0 N–H and O–H groups in total. The van der Waals surface area contributed by atoms with Gasteiger partial charge in [0, 0.05) is 25.1 Å². The van der Waals surface area contributed by atoms with Gasteiger partial charge in [-0.1, -0.05) is 6.07 Å². The van der Waals surface area contributed by atoms with Crippen molar-refractivity contribution in [1.82, 2.24) is 4.98 Å². The number of nitriles is 1. The molecule has 18 heavy (non-hydrogen) atoms. The predicted molar refractivity (Wildman–Crippen MR) is 61.5 cm³/mol. The highest BCUT2D eigenvalue weighted by Gasteiger charge is 2.44. The maximum atomic E-state index is 13.2. The smallest absolute Gasteiger partial charge is 0.248 e. The van der Waals surface area contributed by atoms with Gasteiger partial charge in [0.05, 0.1) is 18.6 Å². The average Bonchev–Trinajstić information content (AvgIpc) is 2.40. The van der Waals surface area contributed by atoms with Gasteiger partial charge < -0.3 is 4.74 Å². The van der Waals surface area contributed by atoms with E-state index in [0.717, 1.165) is 0 Å². The molecule has 1 fully saturated rings. The number of hydrogen-bond acceptors (Lipinski definition) is 3. The van der Waals surface area contributed by atoms with E-state index in [9.17, 15) is 14.0 Å². The summed E-state index contributed by atoms with van der Waals surface area (Å²) in [4.78, 5) is 4.04. The van der Waals surface area contributed by atoms with Gasteiger partial charge in [-0.3, -0.25) is 0 Å². The van der Waals surface area contributed by atoms with Crippen LogP contribution in [0.1, 0.15) is 31.2 Å². The molecule has 3 nitrogen and oxygen atoms in total. The van der Waals surface area contributed by atoms with Crippen molar-refractivity contribution >= 4 is 0 Å². The minimum Gasteiger partial charge on any atom is -0.481 e. The van der Waals surface area contributed by atoms with Crippen molar-refractivity contribution < 1.29 is 13.5 Å². The molecule has 96 valence electrons. The third-order valence-corrected chi connectivity index (χ3v) is 3.55. The van der Waals surface area contributed by atoms with E-state index in [1.165, 1.54) is 7.11 Å². The Balaban J connectivity index is 2.25. The summed E-state index contributed by atoms with van der Waals surface area (Å²) in [6, 6.07) is 5.58. The number of rotatable bonds is 2. The highest BCUT2D eigenvalue weighted by atomic mass is 19.3. The molecule has 0 bridgehead atoms. The average molecular weight is 252 g/mol. The molecule has 0 amide bonds. The van der Waals surface area contributed by atoms with Crippen LogP contribution >= 0.6 is 0 Å². The Morgan fingerprint density at radius 3 is 2.39 bits per heavy atom. The molecule has 1 aliphatic carbocycles. The summed E-state index contributed by atoms with van der Waals surface area (Å²) in [5, 5.41) is 9.34. The molecule has 0 aliphatic heterocycles. The van der Waals surface area contributed by atoms with E-state index in [1.54, 1.807) is 18.3 Å². The maximum Gasteiger partial charge on any atom is 0.248 e. The molecule has 1 saturated carbocycles. The minimum atomic E-state index is -2.64. The second-order valence-corrected chi connectivity index (χ2v) is 4.64. The molecule has 0 atom stereocenters. The zero-order valence-electron chi connectivity index (χ0n) is 10.1. The van der Waals surface area contributed by atoms with Crippen LogP contribution < -0.4 is 4.74 Å². The van der Waals surface area contributed by atoms with Gasteiger partial charge in [0.25, 0.3) is 0 Å². The normalized spacial score (nSPS) is 21.0. The Bertz CT molecular complexity index is 455. The Kier molecular flexibility index (Phi) is 3.20. The highest BCUT2D eigenvalue weighted by Crippen LogP contribution is 2.44. The molecule has 0 spiro atoms. The van der Waals surface area contributed by atoms with Crippen molar-refractivity contribution in [2.24, 2.45) is 0 Å². The number of halogens is 2. The zero-order valence-corrected chi connectivity index (χ0v) is 10.1. The van der Waals surface area contributed by atoms with E-state index in [1.807, 2.05) is 0 Å². The third-order valence-electron chi connectivity index (χ3n) is 3.55. The number of pyridine rings is 1. The molecule has 1 aromatic rings. The van der Waals surface area contributed by atoms with Gasteiger partial charge in [0.15, 0.2) is 0 Å². The lowest BCUT2D eigenvalue weighted by Gasteiger charge is -2.34. The van der Waals surface area contributed by atoms with Crippen LogP contribution in [0.2, 0.25) is 0 Å². The van der Waals surface area contributed by atoms with Crippen molar-refractivity contribution in [3.05, 3.63) is 23.9 Å². The van der Waals surface area contributed by atoms with E-state index >= 15 is 0 Å². The fourth-order valence-corrected chi connectivity index (χ4v) is 2.29. The summed E-state index contributed by atoms with van der Waals surface area (Å²) < 4.78 is 31.3. The minimum absolute atomic E-state index is 0.171. The number of alkyl halides is 2. The summed E-state index contributed by atoms with van der Waals surface area (Å²) in [7, 11) is 1.50. The monoisotopic (exact) mass is 252 g/mol. The molecule has 1 aromatic heterocycles. The first-order valence-corrected chi connectivity index (χ1v) is 5.81. The lowest BCUT2D eigenvalue weighted by Crippen LogP contribution is -2.35. The lowest BCUT2D eigenvalue weighted by atomic mass is 9.70. The van der Waals surface area contributed by atoms with Gasteiger partial charge in [-0.15, -0.1) is 0 Å². The molecular weight excluding hydrogens is 238 g/mol. The Morgan fingerprint density at radius 2 is 1.94 bits per heavy atom. The highest BCUT2D eigenvalue weighted by molar-refractivity contribution is 5.33. The third kappa shape index (κ3) is 2.28.